The molecule has 3 nitrogen and oxygen atoms in total. The number of ether oxygens (including phenoxy) is 2. The number of hydrogen-bond acceptors (Lipinski definition) is 3. The second-order valence-electron chi connectivity index (χ2n) is 4.90. The van der Waals surface area contributed by atoms with Crippen molar-refractivity contribution in [1.82, 2.24) is 0 Å². The van der Waals surface area contributed by atoms with Crippen LogP contribution in [0.5, 0.6) is 11.5 Å². The van der Waals surface area contributed by atoms with Crippen molar-refractivity contribution in [3.63, 3.8) is 0 Å². The average Bonchev–Trinajstić information content (AvgIpc) is 2.46. The standard InChI is InChI=1S/C16H14Cl2O3/c1-20-9-5-6-10-13(19)8-15(21-14(10)7-9)16-11(17)3-2-4-12(16)18/h2-7,13,15,19H,8H2,1H3/t13-,15?/m1/s1. The third-order valence-corrected chi connectivity index (χ3v) is 4.27. The van der Waals surface area contributed by atoms with E-state index in [2.05, 4.69) is 0 Å². The Bertz CT molecular complexity index is 652. The van der Waals surface area contributed by atoms with Gasteiger partial charge in [0.2, 0.25) is 0 Å². The molecule has 1 unspecified atom stereocenters. The second kappa shape index (κ2) is 5.76. The van der Waals surface area contributed by atoms with Crippen LogP contribution in [0.2, 0.25) is 10.0 Å². The van der Waals surface area contributed by atoms with Crippen LogP contribution in [0.1, 0.15) is 29.8 Å². The van der Waals surface area contributed by atoms with E-state index in [0.717, 1.165) is 5.56 Å². The smallest absolute Gasteiger partial charge is 0.129 e. The summed E-state index contributed by atoms with van der Waals surface area (Å²) in [6.45, 7) is 0. The molecular weight excluding hydrogens is 311 g/mol. The normalized spacial score (nSPS) is 20.6. The van der Waals surface area contributed by atoms with Gasteiger partial charge in [-0.15, -0.1) is 0 Å². The van der Waals surface area contributed by atoms with Gasteiger partial charge < -0.3 is 14.6 Å². The van der Waals surface area contributed by atoms with Crippen molar-refractivity contribution in [2.24, 2.45) is 0 Å². The Morgan fingerprint density at radius 3 is 2.57 bits per heavy atom. The van der Waals surface area contributed by atoms with Crippen molar-refractivity contribution in [1.29, 1.82) is 0 Å². The molecule has 2 atom stereocenters. The SMILES string of the molecule is COc1ccc2c(c1)OC(c1c(Cl)cccc1Cl)C[C@H]2O. The Hall–Kier alpha value is -1.42. The fourth-order valence-corrected chi connectivity index (χ4v) is 3.19. The molecule has 2 aromatic carbocycles. The highest BCUT2D eigenvalue weighted by molar-refractivity contribution is 6.36. The first kappa shape index (κ1) is 14.5. The minimum Gasteiger partial charge on any atom is -0.497 e. The first-order valence-electron chi connectivity index (χ1n) is 6.56. The lowest BCUT2D eigenvalue weighted by atomic mass is 9.95. The van der Waals surface area contributed by atoms with Gasteiger partial charge in [0, 0.05) is 33.7 Å². The van der Waals surface area contributed by atoms with Gasteiger partial charge in [-0.2, -0.15) is 0 Å². The molecule has 1 aliphatic rings. The summed E-state index contributed by atoms with van der Waals surface area (Å²) in [5.41, 5.74) is 1.45. The number of halogens is 2. The summed E-state index contributed by atoms with van der Waals surface area (Å²) in [5.74, 6) is 1.26. The Morgan fingerprint density at radius 2 is 1.90 bits per heavy atom. The summed E-state index contributed by atoms with van der Waals surface area (Å²) >= 11 is 12.5. The molecular formula is C16H14Cl2O3. The van der Waals surface area contributed by atoms with Crippen LogP contribution in [-0.4, -0.2) is 12.2 Å². The van der Waals surface area contributed by atoms with Crippen molar-refractivity contribution in [3.8, 4) is 11.5 Å². The summed E-state index contributed by atoms with van der Waals surface area (Å²) in [7, 11) is 1.59. The lowest BCUT2D eigenvalue weighted by Crippen LogP contribution is -2.19. The molecule has 2 aromatic rings. The molecule has 0 radical (unpaired) electrons. The average molecular weight is 325 g/mol. The van der Waals surface area contributed by atoms with Crippen LogP contribution in [0, 0.1) is 0 Å². The Labute approximate surface area is 133 Å². The van der Waals surface area contributed by atoms with Gasteiger partial charge in [0.05, 0.1) is 13.2 Å². The molecule has 5 heteroatoms. The van der Waals surface area contributed by atoms with E-state index in [-0.39, 0.29) is 6.10 Å². The van der Waals surface area contributed by atoms with Gasteiger partial charge in [-0.25, -0.2) is 0 Å². The van der Waals surface area contributed by atoms with E-state index in [1.807, 2.05) is 6.07 Å². The molecule has 1 N–H and O–H groups in total. The first-order chi connectivity index (χ1) is 10.1. The molecule has 0 aliphatic carbocycles. The topological polar surface area (TPSA) is 38.7 Å². The van der Waals surface area contributed by atoms with E-state index in [4.69, 9.17) is 32.7 Å². The van der Waals surface area contributed by atoms with Gasteiger partial charge in [-0.1, -0.05) is 29.3 Å². The minimum absolute atomic E-state index is 0.388. The quantitative estimate of drug-likeness (QED) is 0.880. The molecule has 0 amide bonds. The summed E-state index contributed by atoms with van der Waals surface area (Å²) in [6.07, 6.45) is -0.610. The highest BCUT2D eigenvalue weighted by atomic mass is 35.5. The summed E-state index contributed by atoms with van der Waals surface area (Å²) in [6, 6.07) is 10.7. The molecule has 0 saturated carbocycles. The van der Waals surface area contributed by atoms with E-state index >= 15 is 0 Å². The van der Waals surface area contributed by atoms with E-state index in [9.17, 15) is 5.11 Å². The molecule has 1 aliphatic heterocycles. The Kier molecular flexibility index (Phi) is 3.98. The van der Waals surface area contributed by atoms with E-state index < -0.39 is 6.10 Å². The number of fused-ring (bicyclic) bond motifs is 1. The fourth-order valence-electron chi connectivity index (χ4n) is 2.55. The zero-order chi connectivity index (χ0) is 15.0. The van der Waals surface area contributed by atoms with Gasteiger partial charge in [-0.05, 0) is 24.3 Å². The fraction of sp³-hybridized carbons (Fsp3) is 0.250. The maximum absolute atomic E-state index is 10.3. The molecule has 3 rings (SSSR count). The number of aliphatic hydroxyl groups is 1. The molecule has 1 heterocycles. The maximum atomic E-state index is 10.3. The zero-order valence-corrected chi connectivity index (χ0v) is 12.9. The highest BCUT2D eigenvalue weighted by Gasteiger charge is 2.30. The number of aliphatic hydroxyl groups excluding tert-OH is 1. The molecule has 110 valence electrons. The number of methoxy groups -OCH3 is 1. The van der Waals surface area contributed by atoms with Crippen LogP contribution in [0.3, 0.4) is 0 Å². The third kappa shape index (κ3) is 2.69. The Balaban J connectivity index is 2.01. The van der Waals surface area contributed by atoms with Crippen LogP contribution in [-0.2, 0) is 0 Å². The largest absolute Gasteiger partial charge is 0.497 e. The summed E-state index contributed by atoms with van der Waals surface area (Å²) in [5, 5.41) is 11.4. The van der Waals surface area contributed by atoms with Crippen LogP contribution >= 0.6 is 23.2 Å². The van der Waals surface area contributed by atoms with Gasteiger partial charge in [0.25, 0.3) is 0 Å². The van der Waals surface area contributed by atoms with Crippen LogP contribution in [0.15, 0.2) is 36.4 Å². The second-order valence-corrected chi connectivity index (χ2v) is 5.71. The van der Waals surface area contributed by atoms with Crippen LogP contribution in [0.25, 0.3) is 0 Å². The predicted octanol–water partition coefficient (Wildman–Crippen LogP) is 4.56. The van der Waals surface area contributed by atoms with Crippen molar-refractivity contribution in [2.45, 2.75) is 18.6 Å². The minimum atomic E-state index is -0.628. The summed E-state index contributed by atoms with van der Waals surface area (Å²) < 4.78 is 11.2. The molecule has 21 heavy (non-hydrogen) atoms. The molecule has 0 fully saturated rings. The molecule has 0 aromatic heterocycles. The first-order valence-corrected chi connectivity index (χ1v) is 7.32. The monoisotopic (exact) mass is 324 g/mol. The van der Waals surface area contributed by atoms with Gasteiger partial charge in [-0.3, -0.25) is 0 Å². The lowest BCUT2D eigenvalue weighted by molar-refractivity contribution is 0.0656. The van der Waals surface area contributed by atoms with Crippen LogP contribution < -0.4 is 9.47 Å². The third-order valence-electron chi connectivity index (χ3n) is 3.61. The van der Waals surface area contributed by atoms with E-state index in [1.54, 1.807) is 37.4 Å². The number of rotatable bonds is 2. The maximum Gasteiger partial charge on any atom is 0.129 e. The predicted molar refractivity (Wildman–Crippen MR) is 82.4 cm³/mol. The van der Waals surface area contributed by atoms with Crippen molar-refractivity contribution in [3.05, 3.63) is 57.6 Å². The van der Waals surface area contributed by atoms with Crippen molar-refractivity contribution in [2.75, 3.05) is 7.11 Å². The molecule has 0 saturated heterocycles. The van der Waals surface area contributed by atoms with Gasteiger partial charge in [0.1, 0.15) is 17.6 Å². The number of hydrogen-bond donors (Lipinski definition) is 1. The van der Waals surface area contributed by atoms with Crippen LogP contribution in [0.4, 0.5) is 0 Å². The molecule has 0 bridgehead atoms. The number of benzene rings is 2. The van der Waals surface area contributed by atoms with Crippen molar-refractivity contribution >= 4 is 23.2 Å². The zero-order valence-electron chi connectivity index (χ0n) is 11.3. The highest BCUT2D eigenvalue weighted by Crippen LogP contribution is 2.45. The van der Waals surface area contributed by atoms with Crippen molar-refractivity contribution < 1.29 is 14.6 Å². The Morgan fingerprint density at radius 1 is 1.19 bits per heavy atom. The van der Waals surface area contributed by atoms with E-state index in [1.165, 1.54) is 0 Å². The van der Waals surface area contributed by atoms with Gasteiger partial charge in [0.15, 0.2) is 0 Å². The summed E-state index contributed by atoms with van der Waals surface area (Å²) in [4.78, 5) is 0. The molecule has 0 spiro atoms. The lowest BCUT2D eigenvalue weighted by Gasteiger charge is -2.31. The van der Waals surface area contributed by atoms with E-state index in [0.29, 0.717) is 33.5 Å². The van der Waals surface area contributed by atoms with Gasteiger partial charge >= 0.3 is 0 Å².